The Bertz CT molecular complexity index is 1040. The summed E-state index contributed by atoms with van der Waals surface area (Å²) in [4.78, 5) is 27.4. The van der Waals surface area contributed by atoms with E-state index >= 15 is 0 Å². The smallest absolute Gasteiger partial charge is 0.243 e. The zero-order valence-electron chi connectivity index (χ0n) is 16.9. The van der Waals surface area contributed by atoms with Crippen LogP contribution in [0, 0.1) is 0 Å². The van der Waals surface area contributed by atoms with Crippen LogP contribution >= 0.6 is 11.8 Å². The molecule has 1 aromatic heterocycles. The van der Waals surface area contributed by atoms with Crippen LogP contribution in [-0.2, 0) is 25.4 Å². The van der Waals surface area contributed by atoms with Crippen molar-refractivity contribution >= 4 is 44.4 Å². The number of fused-ring (bicyclic) bond motifs is 1. The highest BCUT2D eigenvalue weighted by molar-refractivity contribution is 7.98. The first-order valence-corrected chi connectivity index (χ1v) is 11.5. The molecule has 0 aliphatic rings. The summed E-state index contributed by atoms with van der Waals surface area (Å²) < 4.78 is 26.1. The third-order valence-corrected chi connectivity index (χ3v) is 7.10. The Kier molecular flexibility index (Phi) is 8.15. The number of carbonyl (C=O) groups excluding carboxylic acids is 2. The SMILES string of the molecule is CC(=O)NN[C@@H](CSCc1ccc2c(S(=O)(=O)N(C)C)ccc(O)c2n1)C(=O)CN. The lowest BCUT2D eigenvalue weighted by molar-refractivity contribution is -0.122. The molecule has 0 aliphatic heterocycles. The van der Waals surface area contributed by atoms with Crippen molar-refractivity contribution in [3.63, 3.8) is 0 Å². The maximum atomic E-state index is 12.5. The number of sulfonamides is 1. The monoisotopic (exact) mass is 455 g/mol. The van der Waals surface area contributed by atoms with Gasteiger partial charge in [0.05, 0.1) is 23.2 Å². The van der Waals surface area contributed by atoms with Crippen molar-refractivity contribution < 1.29 is 23.1 Å². The van der Waals surface area contributed by atoms with Gasteiger partial charge in [0, 0.05) is 37.9 Å². The van der Waals surface area contributed by atoms with E-state index in [1.165, 1.54) is 44.9 Å². The first-order chi connectivity index (χ1) is 14.1. The number of nitrogens with one attached hydrogen (secondary N) is 2. The van der Waals surface area contributed by atoms with Gasteiger partial charge in [-0.25, -0.2) is 23.1 Å². The fourth-order valence-corrected chi connectivity index (χ4v) is 4.62. The van der Waals surface area contributed by atoms with Crippen LogP contribution in [-0.4, -0.2) is 66.9 Å². The lowest BCUT2D eigenvalue weighted by Crippen LogP contribution is -2.50. The van der Waals surface area contributed by atoms with E-state index in [4.69, 9.17) is 5.73 Å². The Morgan fingerprint density at radius 1 is 1.27 bits per heavy atom. The van der Waals surface area contributed by atoms with Gasteiger partial charge < -0.3 is 10.8 Å². The average molecular weight is 456 g/mol. The number of aromatic nitrogens is 1. The number of hydrazine groups is 1. The molecule has 0 radical (unpaired) electrons. The number of carbonyl (C=O) groups is 2. The Hall–Kier alpha value is -2.25. The minimum Gasteiger partial charge on any atom is -0.506 e. The summed E-state index contributed by atoms with van der Waals surface area (Å²) in [6.45, 7) is 1.16. The Balaban J connectivity index is 2.20. The first kappa shape index (κ1) is 24.0. The second kappa shape index (κ2) is 10.2. The van der Waals surface area contributed by atoms with E-state index in [9.17, 15) is 23.1 Å². The van der Waals surface area contributed by atoms with E-state index in [-0.39, 0.29) is 34.4 Å². The lowest BCUT2D eigenvalue weighted by atomic mass is 10.2. The highest BCUT2D eigenvalue weighted by atomic mass is 32.2. The van der Waals surface area contributed by atoms with Crippen molar-refractivity contribution in [2.45, 2.75) is 23.6 Å². The number of Topliss-reactive ketones (excluding diaryl/α,β-unsaturated/α-hetero) is 1. The molecule has 1 aromatic carbocycles. The van der Waals surface area contributed by atoms with Gasteiger partial charge >= 0.3 is 0 Å². The molecular weight excluding hydrogens is 430 g/mol. The number of pyridine rings is 1. The van der Waals surface area contributed by atoms with E-state index in [0.717, 1.165) is 4.31 Å². The van der Waals surface area contributed by atoms with E-state index in [1.54, 1.807) is 12.1 Å². The van der Waals surface area contributed by atoms with Crippen LogP contribution in [0.1, 0.15) is 12.6 Å². The highest BCUT2D eigenvalue weighted by Crippen LogP contribution is 2.30. The summed E-state index contributed by atoms with van der Waals surface area (Å²) in [6, 6.07) is 5.27. The van der Waals surface area contributed by atoms with Crippen molar-refractivity contribution in [3.8, 4) is 5.75 Å². The number of phenols is 1. The fourth-order valence-electron chi connectivity index (χ4n) is 2.55. The number of aromatic hydroxyl groups is 1. The molecule has 5 N–H and O–H groups in total. The van der Waals surface area contributed by atoms with E-state index in [2.05, 4.69) is 15.8 Å². The minimum atomic E-state index is -3.70. The topological polar surface area (TPSA) is 155 Å². The number of amides is 1. The number of hydrogen-bond acceptors (Lipinski definition) is 9. The number of benzene rings is 1. The van der Waals surface area contributed by atoms with Crippen LogP contribution in [0.5, 0.6) is 5.75 Å². The average Bonchev–Trinajstić information content (AvgIpc) is 2.70. The van der Waals surface area contributed by atoms with Crippen molar-refractivity contribution in [1.82, 2.24) is 20.1 Å². The number of ketones is 1. The van der Waals surface area contributed by atoms with Crippen molar-refractivity contribution in [3.05, 3.63) is 30.0 Å². The Morgan fingerprint density at radius 3 is 2.57 bits per heavy atom. The maximum absolute atomic E-state index is 12.5. The van der Waals surface area contributed by atoms with Crippen LogP contribution in [0.15, 0.2) is 29.2 Å². The molecule has 1 amide bonds. The van der Waals surface area contributed by atoms with Gasteiger partial charge in [0.1, 0.15) is 11.3 Å². The number of nitrogens with zero attached hydrogens (tertiary/aromatic N) is 2. The van der Waals surface area contributed by atoms with Gasteiger partial charge in [0.25, 0.3) is 0 Å². The number of thioether (sulfide) groups is 1. The second-order valence-electron chi connectivity index (χ2n) is 6.63. The molecule has 1 heterocycles. The van der Waals surface area contributed by atoms with Gasteiger partial charge in [0.15, 0.2) is 5.78 Å². The Morgan fingerprint density at radius 2 is 1.97 bits per heavy atom. The third kappa shape index (κ3) is 5.67. The summed E-state index contributed by atoms with van der Waals surface area (Å²) in [5.74, 6) is 0.0228. The summed E-state index contributed by atoms with van der Waals surface area (Å²) in [7, 11) is -0.840. The van der Waals surface area contributed by atoms with Crippen LogP contribution < -0.4 is 16.6 Å². The van der Waals surface area contributed by atoms with Gasteiger partial charge in [-0.05, 0) is 24.3 Å². The summed E-state index contributed by atoms with van der Waals surface area (Å²) >= 11 is 1.38. The van der Waals surface area contributed by atoms with Crippen molar-refractivity contribution in [2.24, 2.45) is 5.73 Å². The Labute approximate surface area is 179 Å². The van der Waals surface area contributed by atoms with Gasteiger partial charge in [-0.2, -0.15) is 11.8 Å². The van der Waals surface area contributed by atoms with Crippen LogP contribution in [0.3, 0.4) is 0 Å². The fraction of sp³-hybridized carbons (Fsp3) is 0.389. The second-order valence-corrected chi connectivity index (χ2v) is 9.78. The molecule has 10 nitrogen and oxygen atoms in total. The predicted molar refractivity (Wildman–Crippen MR) is 115 cm³/mol. The molecule has 0 fully saturated rings. The quantitative estimate of drug-likeness (QED) is 0.361. The molecule has 0 aliphatic carbocycles. The van der Waals surface area contributed by atoms with Gasteiger partial charge in [0.2, 0.25) is 15.9 Å². The number of phenolic OH excluding ortho intramolecular Hbond substituents is 1. The molecule has 0 spiro atoms. The van der Waals surface area contributed by atoms with Crippen molar-refractivity contribution in [2.75, 3.05) is 26.4 Å². The molecule has 2 rings (SSSR count). The zero-order chi connectivity index (χ0) is 22.5. The normalized spacial score (nSPS) is 12.8. The summed E-state index contributed by atoms with van der Waals surface area (Å²) in [5, 5.41) is 10.5. The highest BCUT2D eigenvalue weighted by Gasteiger charge is 2.22. The predicted octanol–water partition coefficient (Wildman–Crippen LogP) is -0.0390. The number of hydrogen-bond donors (Lipinski definition) is 4. The van der Waals surface area contributed by atoms with Gasteiger partial charge in [-0.1, -0.05) is 0 Å². The maximum Gasteiger partial charge on any atom is 0.243 e. The van der Waals surface area contributed by atoms with Crippen LogP contribution in [0.25, 0.3) is 10.9 Å². The van der Waals surface area contributed by atoms with E-state index in [1.807, 2.05) is 0 Å². The molecule has 0 bridgehead atoms. The van der Waals surface area contributed by atoms with E-state index < -0.39 is 16.1 Å². The minimum absolute atomic E-state index is 0.0557. The third-order valence-electron chi connectivity index (χ3n) is 4.16. The van der Waals surface area contributed by atoms with Gasteiger partial charge in [-0.3, -0.25) is 15.0 Å². The molecule has 2 aromatic rings. The molecule has 0 unspecified atom stereocenters. The lowest BCUT2D eigenvalue weighted by Gasteiger charge is -2.17. The molecule has 12 heteroatoms. The van der Waals surface area contributed by atoms with Crippen LogP contribution in [0.4, 0.5) is 0 Å². The molecule has 30 heavy (non-hydrogen) atoms. The molecule has 0 saturated heterocycles. The molecular formula is C18H25N5O5S2. The standard InChI is InChI=1S/C18H25N5O5S2/c1-11(24)21-22-14(16(26)8-19)10-29-9-12-4-5-13-17(30(27,28)23(2)3)7-6-15(25)18(13)20-12/h4-7,14,22,25H,8-10,19H2,1-3H3,(H,21,24)/t14-/m0/s1. The summed E-state index contributed by atoms with van der Waals surface area (Å²) in [6.07, 6.45) is 0. The molecule has 1 atom stereocenters. The number of rotatable bonds is 10. The largest absolute Gasteiger partial charge is 0.506 e. The van der Waals surface area contributed by atoms with Gasteiger partial charge in [-0.15, -0.1) is 0 Å². The molecule has 164 valence electrons. The number of nitrogens with two attached hydrogens (primary N) is 1. The molecule has 0 saturated carbocycles. The van der Waals surface area contributed by atoms with Crippen molar-refractivity contribution in [1.29, 1.82) is 0 Å². The van der Waals surface area contributed by atoms with Crippen LogP contribution in [0.2, 0.25) is 0 Å². The zero-order valence-corrected chi connectivity index (χ0v) is 18.5. The van der Waals surface area contributed by atoms with E-state index in [0.29, 0.717) is 22.6 Å². The first-order valence-electron chi connectivity index (χ1n) is 8.94. The summed E-state index contributed by atoms with van der Waals surface area (Å²) in [5.41, 5.74) is 11.2.